The van der Waals surface area contributed by atoms with Gasteiger partial charge in [0.25, 0.3) is 0 Å². The van der Waals surface area contributed by atoms with Crippen LogP contribution < -0.4 is 16.3 Å². The van der Waals surface area contributed by atoms with Gasteiger partial charge in [0.2, 0.25) is 0 Å². The summed E-state index contributed by atoms with van der Waals surface area (Å²) in [7, 11) is 0. The van der Waals surface area contributed by atoms with Crippen molar-refractivity contribution in [3.05, 3.63) is 130 Å². The smallest absolute Gasteiger partial charge is 0.326 e. The van der Waals surface area contributed by atoms with Crippen LogP contribution in [-0.4, -0.2) is 70.4 Å². The van der Waals surface area contributed by atoms with Crippen molar-refractivity contribution < 1.29 is 28.9 Å². The summed E-state index contributed by atoms with van der Waals surface area (Å²) in [5.74, 6) is -0.487. The minimum absolute atomic E-state index is 0.0203. The molecule has 282 valence electrons. The van der Waals surface area contributed by atoms with E-state index in [1.165, 1.54) is 0 Å². The van der Waals surface area contributed by atoms with Crippen LogP contribution in [0.5, 0.6) is 0 Å². The lowest BCUT2D eigenvalue weighted by Crippen LogP contribution is -2.43. The largest absolute Gasteiger partial charge is 0.465 e. The number of ether oxygens (including phenoxy) is 3. The molecule has 3 heterocycles. The van der Waals surface area contributed by atoms with Crippen LogP contribution >= 0.6 is 0 Å². The standard InChI is InChI=1S/C42H47N5O7/c1-2-52-39(49)25-44-41(50)43-24-29-7-5-8-31(21-29)32-9-6-10-33(22-32)40-53-35(23-38(54-40)30-15-13-28(27-48)14-16-30)26-46-19-17-34(18-20-46)47-37-12-4-3-11-36(37)45-42(47)51/h3-16,21-22,34-35,38,40,48H,2,17-20,23-27H2,1H3,(H,45,51)(H2,43,44,50)/t35-,38+,40+/m1/s1. The molecule has 12 nitrogen and oxygen atoms in total. The second-order valence-corrected chi connectivity index (χ2v) is 13.9. The quantitative estimate of drug-likeness (QED) is 0.119. The molecule has 7 rings (SSSR count). The summed E-state index contributed by atoms with van der Waals surface area (Å²) in [5, 5.41) is 14.9. The summed E-state index contributed by atoms with van der Waals surface area (Å²) >= 11 is 0. The van der Waals surface area contributed by atoms with Crippen molar-refractivity contribution in [3.63, 3.8) is 0 Å². The molecule has 54 heavy (non-hydrogen) atoms. The van der Waals surface area contributed by atoms with Crippen molar-refractivity contribution in [1.82, 2.24) is 25.1 Å². The second kappa shape index (κ2) is 17.3. The highest BCUT2D eigenvalue weighted by molar-refractivity contribution is 5.80. The number of para-hydroxylation sites is 2. The normalized spacial score (nSPS) is 19.4. The number of amides is 2. The molecule has 2 fully saturated rings. The predicted molar refractivity (Wildman–Crippen MR) is 204 cm³/mol. The number of esters is 1. The Labute approximate surface area is 314 Å². The highest BCUT2D eigenvalue weighted by atomic mass is 16.7. The van der Waals surface area contributed by atoms with Crippen LogP contribution in [0.4, 0.5) is 4.79 Å². The van der Waals surface area contributed by atoms with Crippen molar-refractivity contribution in [2.24, 2.45) is 0 Å². The zero-order valence-corrected chi connectivity index (χ0v) is 30.4. The number of carbonyl (C=O) groups is 2. The Bertz CT molecular complexity index is 2100. The molecule has 1 aromatic heterocycles. The lowest BCUT2D eigenvalue weighted by atomic mass is 9.97. The van der Waals surface area contributed by atoms with Gasteiger partial charge in [-0.1, -0.05) is 72.8 Å². The zero-order chi connectivity index (χ0) is 37.4. The number of H-pyrrole nitrogens is 1. The number of hydrogen-bond acceptors (Lipinski definition) is 8. The van der Waals surface area contributed by atoms with Crippen LogP contribution in [0.1, 0.15) is 66.9 Å². The van der Waals surface area contributed by atoms with E-state index in [4.69, 9.17) is 14.2 Å². The first-order valence-corrected chi connectivity index (χ1v) is 18.7. The minimum atomic E-state index is -0.610. The van der Waals surface area contributed by atoms with Gasteiger partial charge >= 0.3 is 17.7 Å². The van der Waals surface area contributed by atoms with Crippen molar-refractivity contribution in [1.29, 1.82) is 0 Å². The van der Waals surface area contributed by atoms with E-state index in [9.17, 15) is 19.5 Å². The lowest BCUT2D eigenvalue weighted by Gasteiger charge is -2.40. The number of aliphatic hydroxyl groups excluding tert-OH is 1. The number of likely N-dealkylation sites (tertiary alicyclic amines) is 1. The maximum atomic E-state index is 12.9. The maximum absolute atomic E-state index is 12.9. The number of aromatic amines is 1. The molecule has 3 atom stereocenters. The van der Waals surface area contributed by atoms with E-state index < -0.39 is 18.3 Å². The van der Waals surface area contributed by atoms with E-state index in [0.717, 1.165) is 76.9 Å². The van der Waals surface area contributed by atoms with Crippen molar-refractivity contribution in [2.75, 3.05) is 32.8 Å². The number of fused-ring (bicyclic) bond motifs is 1. The number of benzene rings is 4. The molecule has 2 saturated heterocycles. The van der Waals surface area contributed by atoms with Gasteiger partial charge in [-0.25, -0.2) is 9.59 Å². The summed E-state index contributed by atoms with van der Waals surface area (Å²) in [5.41, 5.74) is 7.40. The first kappa shape index (κ1) is 37.1. The molecule has 5 aromatic rings. The van der Waals surface area contributed by atoms with Gasteiger partial charge < -0.3 is 39.8 Å². The molecular formula is C42H47N5O7. The third-order valence-corrected chi connectivity index (χ3v) is 10.2. The average molecular weight is 734 g/mol. The van der Waals surface area contributed by atoms with Gasteiger partial charge in [0.05, 0.1) is 36.5 Å². The van der Waals surface area contributed by atoms with Gasteiger partial charge in [-0.3, -0.25) is 9.36 Å². The molecule has 4 N–H and O–H groups in total. The predicted octanol–water partition coefficient (Wildman–Crippen LogP) is 5.73. The third kappa shape index (κ3) is 8.91. The van der Waals surface area contributed by atoms with Crippen LogP contribution in [0, 0.1) is 0 Å². The highest BCUT2D eigenvalue weighted by Crippen LogP contribution is 2.39. The Kier molecular flexibility index (Phi) is 11.8. The highest BCUT2D eigenvalue weighted by Gasteiger charge is 2.34. The van der Waals surface area contributed by atoms with E-state index >= 15 is 0 Å². The molecule has 0 unspecified atom stereocenters. The fourth-order valence-corrected chi connectivity index (χ4v) is 7.45. The van der Waals surface area contributed by atoms with E-state index in [1.807, 2.05) is 95.6 Å². The summed E-state index contributed by atoms with van der Waals surface area (Å²) in [4.78, 5) is 42.1. The monoisotopic (exact) mass is 733 g/mol. The molecule has 2 aliphatic heterocycles. The van der Waals surface area contributed by atoms with Crippen molar-refractivity contribution >= 4 is 23.0 Å². The molecule has 0 saturated carbocycles. The molecule has 0 spiro atoms. The summed E-state index contributed by atoms with van der Waals surface area (Å²) in [6, 6.07) is 31.5. The van der Waals surface area contributed by atoms with Gasteiger partial charge in [0, 0.05) is 44.2 Å². The van der Waals surface area contributed by atoms with Crippen LogP contribution in [0.25, 0.3) is 22.2 Å². The topological polar surface area (TPSA) is 147 Å². The SMILES string of the molecule is CCOC(=O)CNC(=O)NCc1cccc(-c2cccc([C@H]3O[C@@H](CN4CCC(n5c(=O)[nH]c6ccccc65)CC4)C[C@@H](c4ccc(CO)cc4)O3)c2)c1. The van der Waals surface area contributed by atoms with E-state index in [0.29, 0.717) is 6.42 Å². The Balaban J connectivity index is 1.04. The number of urea groups is 1. The Morgan fingerprint density at radius 3 is 2.41 bits per heavy atom. The Morgan fingerprint density at radius 2 is 1.63 bits per heavy atom. The first-order valence-electron chi connectivity index (χ1n) is 18.7. The number of rotatable bonds is 12. The molecular weight excluding hydrogens is 686 g/mol. The van der Waals surface area contributed by atoms with Gasteiger partial charge in [0.1, 0.15) is 6.54 Å². The minimum Gasteiger partial charge on any atom is -0.465 e. The number of nitrogens with one attached hydrogen (secondary N) is 3. The van der Waals surface area contributed by atoms with Crippen LogP contribution in [-0.2, 0) is 32.2 Å². The molecule has 2 aliphatic rings. The third-order valence-electron chi connectivity index (χ3n) is 10.2. The zero-order valence-electron chi connectivity index (χ0n) is 30.4. The van der Waals surface area contributed by atoms with E-state index in [2.05, 4.69) is 26.6 Å². The van der Waals surface area contributed by atoms with Crippen LogP contribution in [0.15, 0.2) is 102 Å². The van der Waals surface area contributed by atoms with Gasteiger partial charge in [-0.05, 0) is 71.8 Å². The number of hydrogen-bond donors (Lipinski definition) is 4. The van der Waals surface area contributed by atoms with Gasteiger partial charge in [0.15, 0.2) is 6.29 Å². The molecule has 0 radical (unpaired) electrons. The van der Waals surface area contributed by atoms with Crippen molar-refractivity contribution in [3.8, 4) is 11.1 Å². The number of imidazole rings is 1. The summed E-state index contributed by atoms with van der Waals surface area (Å²) in [6.45, 7) is 4.49. The van der Waals surface area contributed by atoms with E-state index in [-0.39, 0.29) is 50.2 Å². The molecule has 0 aliphatic carbocycles. The molecule has 2 amide bonds. The average Bonchev–Trinajstić information content (AvgIpc) is 3.55. The number of aromatic nitrogens is 2. The fourth-order valence-electron chi connectivity index (χ4n) is 7.45. The molecule has 12 heteroatoms. The molecule has 4 aromatic carbocycles. The van der Waals surface area contributed by atoms with Gasteiger partial charge in [-0.2, -0.15) is 0 Å². The summed E-state index contributed by atoms with van der Waals surface area (Å²) in [6.07, 6.45) is 1.49. The first-order chi connectivity index (χ1) is 26.4. The number of piperidine rings is 1. The van der Waals surface area contributed by atoms with E-state index in [1.54, 1.807) is 6.92 Å². The van der Waals surface area contributed by atoms with Crippen LogP contribution in [0.3, 0.4) is 0 Å². The van der Waals surface area contributed by atoms with Crippen molar-refractivity contribution in [2.45, 2.75) is 63.9 Å². The maximum Gasteiger partial charge on any atom is 0.326 e. The summed E-state index contributed by atoms with van der Waals surface area (Å²) < 4.78 is 20.2. The number of carbonyl (C=O) groups excluding carboxylic acids is 2. The second-order valence-electron chi connectivity index (χ2n) is 13.9. The fraction of sp³-hybridized carbons (Fsp3) is 0.357. The Hall–Kier alpha value is -5.27. The molecule has 0 bridgehead atoms. The van der Waals surface area contributed by atoms with Crippen LogP contribution in [0.2, 0.25) is 0 Å². The Morgan fingerprint density at radius 1 is 0.870 bits per heavy atom. The van der Waals surface area contributed by atoms with Gasteiger partial charge in [-0.15, -0.1) is 0 Å². The lowest BCUT2D eigenvalue weighted by molar-refractivity contribution is -0.253. The number of nitrogens with zero attached hydrogens (tertiary/aromatic N) is 2. The number of aliphatic hydroxyl groups is 1.